The Kier molecular flexibility index (Phi) is 5.61. The van der Waals surface area contributed by atoms with Gasteiger partial charge < -0.3 is 9.64 Å². The van der Waals surface area contributed by atoms with Crippen LogP contribution in [0.15, 0.2) is 11.5 Å². The Bertz CT molecular complexity index is 484. The third-order valence-corrected chi connectivity index (χ3v) is 3.47. The molecule has 0 saturated heterocycles. The molecule has 0 N–H and O–H groups in total. The number of nitrogens with zero attached hydrogens (tertiary/aromatic N) is 4. The molecule has 0 aliphatic carbocycles. The Morgan fingerprint density at radius 1 is 1.42 bits per heavy atom. The maximum Gasteiger partial charge on any atom is 0.346 e. The predicted molar refractivity (Wildman–Crippen MR) is 67.0 cm³/mol. The summed E-state index contributed by atoms with van der Waals surface area (Å²) in [5.74, 6) is -0.954. The molecule has 1 amide bonds. The van der Waals surface area contributed by atoms with Gasteiger partial charge in [0.15, 0.2) is 0 Å². The van der Waals surface area contributed by atoms with Crippen molar-refractivity contribution in [3.05, 3.63) is 6.33 Å². The van der Waals surface area contributed by atoms with Crippen molar-refractivity contribution in [2.45, 2.75) is 19.0 Å². The Morgan fingerprint density at radius 2 is 2.05 bits per heavy atom. The van der Waals surface area contributed by atoms with Gasteiger partial charge in [0.1, 0.15) is 22.9 Å². The van der Waals surface area contributed by atoms with E-state index < -0.39 is 16.8 Å². The number of esters is 1. The van der Waals surface area contributed by atoms with E-state index in [1.54, 1.807) is 4.90 Å². The van der Waals surface area contributed by atoms with Crippen LogP contribution in [-0.2, 0) is 20.3 Å². The van der Waals surface area contributed by atoms with Crippen molar-refractivity contribution in [1.29, 1.82) is 0 Å². The molecule has 0 saturated carbocycles. The summed E-state index contributed by atoms with van der Waals surface area (Å²) in [5.41, 5.74) is 0. The van der Waals surface area contributed by atoms with E-state index in [-0.39, 0.29) is 16.9 Å². The van der Waals surface area contributed by atoms with E-state index in [2.05, 4.69) is 14.8 Å². The van der Waals surface area contributed by atoms with Crippen LogP contribution in [0.1, 0.15) is 13.8 Å². The fourth-order valence-corrected chi connectivity index (χ4v) is 2.12. The summed E-state index contributed by atoms with van der Waals surface area (Å²) in [6.07, 6.45) is 1.19. The van der Waals surface area contributed by atoms with Crippen molar-refractivity contribution >= 4 is 22.8 Å². The Morgan fingerprint density at radius 3 is 2.58 bits per heavy atom. The van der Waals surface area contributed by atoms with Crippen LogP contribution in [0.4, 0.5) is 4.79 Å². The van der Waals surface area contributed by atoms with E-state index in [1.165, 1.54) is 13.4 Å². The third-order valence-electron chi connectivity index (χ3n) is 2.38. The molecule has 0 aliphatic rings. The Hall–Kier alpha value is -1.77. The third kappa shape index (κ3) is 3.85. The maximum absolute atomic E-state index is 11.9. The van der Waals surface area contributed by atoms with Gasteiger partial charge in [0.25, 0.3) is 0 Å². The minimum Gasteiger partial charge on any atom is -0.468 e. The zero-order valence-electron chi connectivity index (χ0n) is 11.0. The molecular weight excluding hydrogens is 272 g/mol. The van der Waals surface area contributed by atoms with Crippen molar-refractivity contribution in [2.24, 2.45) is 0 Å². The molecule has 0 aromatic carbocycles. The van der Waals surface area contributed by atoms with Gasteiger partial charge in [-0.2, -0.15) is 4.68 Å². The number of hydrogen-bond donors (Lipinski definition) is 0. The Labute approximate surface area is 113 Å². The molecule has 0 aliphatic heterocycles. The predicted octanol–water partition coefficient (Wildman–Crippen LogP) is -0.131. The number of ether oxygens (including phenoxy) is 1. The first-order chi connectivity index (χ1) is 9.03. The normalized spacial score (nSPS) is 11.9. The minimum absolute atomic E-state index is 0.0640. The van der Waals surface area contributed by atoms with Crippen LogP contribution in [0.2, 0.25) is 0 Å². The summed E-state index contributed by atoms with van der Waals surface area (Å²) >= 11 is 0. The monoisotopic (exact) mass is 288 g/mol. The van der Waals surface area contributed by atoms with Crippen LogP contribution < -0.4 is 0 Å². The van der Waals surface area contributed by atoms with Crippen LogP contribution in [0.25, 0.3) is 0 Å². The fourth-order valence-electron chi connectivity index (χ4n) is 1.31. The fraction of sp³-hybridized carbons (Fsp3) is 0.600. The molecule has 106 valence electrons. The van der Waals surface area contributed by atoms with Gasteiger partial charge in [-0.3, -0.25) is 9.00 Å². The largest absolute Gasteiger partial charge is 0.468 e. The smallest absolute Gasteiger partial charge is 0.346 e. The molecule has 0 fully saturated rings. The average molecular weight is 288 g/mol. The number of rotatable bonds is 5. The van der Waals surface area contributed by atoms with E-state index >= 15 is 0 Å². The molecule has 0 spiro atoms. The standard InChI is InChI=1S/C10H16N4O4S/c1-4-13(5-2)10(16)14-7-11-9(12-14)19(17)6-8(15)18-3/h7H,4-6H2,1-3H3. The number of amides is 1. The number of carbonyl (C=O) groups excluding carboxylic acids is 2. The second-order valence-electron chi connectivity index (χ2n) is 3.49. The lowest BCUT2D eigenvalue weighted by molar-refractivity contribution is -0.137. The van der Waals surface area contributed by atoms with Gasteiger partial charge in [-0.05, 0) is 13.8 Å². The van der Waals surface area contributed by atoms with E-state index in [4.69, 9.17) is 0 Å². The number of carbonyl (C=O) groups is 2. The quantitative estimate of drug-likeness (QED) is 0.700. The molecular formula is C10H16N4O4S. The molecule has 1 aromatic heterocycles. The van der Waals surface area contributed by atoms with E-state index in [0.717, 1.165) is 4.68 Å². The van der Waals surface area contributed by atoms with Crippen molar-refractivity contribution < 1.29 is 18.5 Å². The molecule has 1 unspecified atom stereocenters. The zero-order chi connectivity index (χ0) is 14.4. The minimum atomic E-state index is -1.71. The number of methoxy groups -OCH3 is 1. The SMILES string of the molecule is CCN(CC)C(=O)n1cnc(S(=O)CC(=O)OC)n1. The van der Waals surface area contributed by atoms with Crippen molar-refractivity contribution in [3.8, 4) is 0 Å². The highest BCUT2D eigenvalue weighted by Crippen LogP contribution is 2.01. The molecule has 0 bridgehead atoms. The van der Waals surface area contributed by atoms with Crippen LogP contribution in [-0.4, -0.2) is 61.8 Å². The van der Waals surface area contributed by atoms with Gasteiger partial charge in [0.2, 0.25) is 5.16 Å². The molecule has 1 heterocycles. The first kappa shape index (κ1) is 15.3. The lowest BCUT2D eigenvalue weighted by Gasteiger charge is -2.17. The summed E-state index contributed by atoms with van der Waals surface area (Å²) in [7, 11) is -0.511. The van der Waals surface area contributed by atoms with Crippen molar-refractivity contribution in [2.75, 3.05) is 26.0 Å². The Balaban J connectivity index is 2.79. The highest BCUT2D eigenvalue weighted by Gasteiger charge is 2.18. The molecule has 1 rings (SSSR count). The summed E-state index contributed by atoms with van der Waals surface area (Å²) in [6.45, 7) is 4.76. The van der Waals surface area contributed by atoms with E-state index in [0.29, 0.717) is 13.1 Å². The van der Waals surface area contributed by atoms with Crippen LogP contribution in [0.3, 0.4) is 0 Å². The van der Waals surface area contributed by atoms with Crippen molar-refractivity contribution in [3.63, 3.8) is 0 Å². The molecule has 9 heteroatoms. The van der Waals surface area contributed by atoms with Crippen LogP contribution in [0, 0.1) is 0 Å². The first-order valence-electron chi connectivity index (χ1n) is 5.69. The molecule has 19 heavy (non-hydrogen) atoms. The van der Waals surface area contributed by atoms with Crippen molar-refractivity contribution in [1.82, 2.24) is 19.7 Å². The molecule has 8 nitrogen and oxygen atoms in total. The molecule has 1 aromatic rings. The number of hydrogen-bond acceptors (Lipinski definition) is 6. The average Bonchev–Trinajstić information content (AvgIpc) is 2.89. The zero-order valence-corrected chi connectivity index (χ0v) is 11.8. The summed E-state index contributed by atoms with van der Waals surface area (Å²) in [5, 5.41) is 3.76. The first-order valence-corrected chi connectivity index (χ1v) is 7.01. The van der Waals surface area contributed by atoms with Gasteiger partial charge in [0, 0.05) is 13.1 Å². The second-order valence-corrected chi connectivity index (χ2v) is 4.84. The summed E-state index contributed by atoms with van der Waals surface area (Å²) in [4.78, 5) is 28.2. The summed E-state index contributed by atoms with van der Waals surface area (Å²) < 4.78 is 17.1. The second kappa shape index (κ2) is 6.98. The van der Waals surface area contributed by atoms with Gasteiger partial charge in [-0.15, -0.1) is 5.10 Å². The topological polar surface area (TPSA) is 94.4 Å². The van der Waals surface area contributed by atoms with Gasteiger partial charge >= 0.3 is 12.0 Å². The summed E-state index contributed by atoms with van der Waals surface area (Å²) in [6, 6.07) is -0.348. The molecule has 0 radical (unpaired) electrons. The highest BCUT2D eigenvalue weighted by molar-refractivity contribution is 7.85. The number of aromatic nitrogens is 3. The van der Waals surface area contributed by atoms with Gasteiger partial charge in [0.05, 0.1) is 7.11 Å². The lowest BCUT2D eigenvalue weighted by Crippen LogP contribution is -2.34. The van der Waals surface area contributed by atoms with E-state index in [9.17, 15) is 13.8 Å². The van der Waals surface area contributed by atoms with E-state index in [1.807, 2.05) is 13.8 Å². The van der Waals surface area contributed by atoms with Crippen LogP contribution >= 0.6 is 0 Å². The maximum atomic E-state index is 11.9. The lowest BCUT2D eigenvalue weighted by atomic mass is 10.5. The molecule has 1 atom stereocenters. The van der Waals surface area contributed by atoms with Crippen LogP contribution in [0.5, 0.6) is 0 Å². The highest BCUT2D eigenvalue weighted by atomic mass is 32.2. The van der Waals surface area contributed by atoms with Gasteiger partial charge in [-0.25, -0.2) is 9.78 Å². The van der Waals surface area contributed by atoms with Gasteiger partial charge in [-0.1, -0.05) is 0 Å².